The number of nitrogens with one attached hydrogen (secondary N) is 1. The van der Waals surface area contributed by atoms with E-state index in [1.807, 2.05) is 13.0 Å². The van der Waals surface area contributed by atoms with Crippen LogP contribution >= 0.6 is 0 Å². The molecule has 4 rings (SSSR count). The Balaban J connectivity index is 1.54. The largest absolute Gasteiger partial charge is 0.416 e. The zero-order valence-electron chi connectivity index (χ0n) is 18.3. The summed E-state index contributed by atoms with van der Waals surface area (Å²) in [6, 6.07) is 14.8. The van der Waals surface area contributed by atoms with Gasteiger partial charge in [-0.2, -0.15) is 13.2 Å². The van der Waals surface area contributed by atoms with Gasteiger partial charge in [0, 0.05) is 23.4 Å². The van der Waals surface area contributed by atoms with E-state index in [1.54, 1.807) is 12.1 Å². The van der Waals surface area contributed by atoms with Crippen LogP contribution in [0.2, 0.25) is 0 Å². The lowest BCUT2D eigenvalue weighted by Gasteiger charge is -2.30. The van der Waals surface area contributed by atoms with Crippen LogP contribution in [0, 0.1) is 5.82 Å². The van der Waals surface area contributed by atoms with E-state index in [2.05, 4.69) is 5.32 Å². The fraction of sp³-hybridized carbons (Fsp3) is 0.231. The van der Waals surface area contributed by atoms with Crippen LogP contribution in [-0.4, -0.2) is 18.4 Å². The Kier molecular flexibility index (Phi) is 6.41. The first kappa shape index (κ1) is 23.5. The van der Waals surface area contributed by atoms with Gasteiger partial charge in [0.2, 0.25) is 0 Å². The van der Waals surface area contributed by atoms with Crippen LogP contribution in [-0.2, 0) is 12.6 Å². The van der Waals surface area contributed by atoms with Gasteiger partial charge in [0.25, 0.3) is 11.8 Å². The van der Waals surface area contributed by atoms with Crippen molar-refractivity contribution in [2.75, 3.05) is 11.4 Å². The molecule has 176 valence electrons. The number of halogens is 4. The van der Waals surface area contributed by atoms with Crippen LogP contribution < -0.4 is 10.2 Å². The number of amides is 2. The van der Waals surface area contributed by atoms with Crippen molar-refractivity contribution in [3.05, 3.63) is 100 Å². The van der Waals surface area contributed by atoms with Gasteiger partial charge < -0.3 is 10.2 Å². The molecule has 0 saturated carbocycles. The van der Waals surface area contributed by atoms with Crippen molar-refractivity contribution in [2.24, 2.45) is 0 Å². The Labute approximate surface area is 194 Å². The van der Waals surface area contributed by atoms with E-state index in [4.69, 9.17) is 0 Å². The fourth-order valence-corrected chi connectivity index (χ4v) is 4.05. The molecule has 0 saturated heterocycles. The van der Waals surface area contributed by atoms with E-state index in [1.165, 1.54) is 41.3 Å². The first-order chi connectivity index (χ1) is 16.1. The number of hydrogen-bond acceptors (Lipinski definition) is 2. The van der Waals surface area contributed by atoms with Crippen molar-refractivity contribution in [1.29, 1.82) is 0 Å². The van der Waals surface area contributed by atoms with Gasteiger partial charge in [-0.05, 0) is 79.4 Å². The maximum absolute atomic E-state index is 13.1. The molecule has 0 aromatic heterocycles. The lowest BCUT2D eigenvalue weighted by molar-refractivity contribution is -0.137. The highest BCUT2D eigenvalue weighted by Crippen LogP contribution is 2.33. The number of aryl methyl sites for hydroxylation is 1. The van der Waals surface area contributed by atoms with Crippen LogP contribution in [0.1, 0.15) is 56.8 Å². The summed E-state index contributed by atoms with van der Waals surface area (Å²) >= 11 is 0. The summed E-state index contributed by atoms with van der Waals surface area (Å²) in [7, 11) is 0. The second kappa shape index (κ2) is 9.29. The second-order valence-corrected chi connectivity index (χ2v) is 8.23. The van der Waals surface area contributed by atoms with Crippen LogP contribution in [0.3, 0.4) is 0 Å². The van der Waals surface area contributed by atoms with E-state index in [9.17, 15) is 27.2 Å². The molecule has 1 aliphatic heterocycles. The Morgan fingerprint density at radius 2 is 1.71 bits per heavy atom. The normalized spacial score (nSPS) is 14.3. The van der Waals surface area contributed by atoms with Crippen molar-refractivity contribution in [3.63, 3.8) is 0 Å². The molecule has 4 nitrogen and oxygen atoms in total. The minimum atomic E-state index is -4.53. The fourth-order valence-electron chi connectivity index (χ4n) is 4.05. The lowest BCUT2D eigenvalue weighted by Crippen LogP contribution is -2.35. The number of benzene rings is 3. The Morgan fingerprint density at radius 3 is 2.41 bits per heavy atom. The van der Waals surface area contributed by atoms with Gasteiger partial charge in [-0.25, -0.2) is 4.39 Å². The molecule has 1 aliphatic rings. The number of carbonyl (C=O) groups is 2. The predicted octanol–water partition coefficient (Wildman–Crippen LogP) is 5.93. The molecule has 1 unspecified atom stereocenters. The third-order valence-corrected chi connectivity index (χ3v) is 5.86. The number of fused-ring (bicyclic) bond motifs is 1. The van der Waals surface area contributed by atoms with Crippen molar-refractivity contribution < 1.29 is 27.2 Å². The van der Waals surface area contributed by atoms with E-state index < -0.39 is 23.5 Å². The van der Waals surface area contributed by atoms with Crippen LogP contribution in [0.5, 0.6) is 0 Å². The molecule has 0 fully saturated rings. The Bertz CT molecular complexity index is 1220. The van der Waals surface area contributed by atoms with Gasteiger partial charge in [0.1, 0.15) is 5.82 Å². The molecule has 0 aliphatic carbocycles. The third kappa shape index (κ3) is 4.95. The molecule has 2 amide bonds. The summed E-state index contributed by atoms with van der Waals surface area (Å²) in [5.41, 5.74) is 1.80. The number of hydrogen-bond donors (Lipinski definition) is 1. The topological polar surface area (TPSA) is 49.4 Å². The summed E-state index contributed by atoms with van der Waals surface area (Å²) in [6.07, 6.45) is -3.16. The number of nitrogens with zero attached hydrogens (tertiary/aromatic N) is 1. The van der Waals surface area contributed by atoms with Crippen LogP contribution in [0.4, 0.5) is 23.2 Å². The molecule has 3 aromatic carbocycles. The van der Waals surface area contributed by atoms with Crippen molar-refractivity contribution in [3.8, 4) is 0 Å². The average Bonchev–Trinajstić information content (AvgIpc) is 2.82. The number of alkyl halides is 3. The smallest absolute Gasteiger partial charge is 0.346 e. The predicted molar refractivity (Wildman–Crippen MR) is 120 cm³/mol. The third-order valence-electron chi connectivity index (χ3n) is 5.86. The van der Waals surface area contributed by atoms with Crippen LogP contribution in [0.25, 0.3) is 0 Å². The molecule has 1 heterocycles. The van der Waals surface area contributed by atoms with E-state index in [-0.39, 0.29) is 17.5 Å². The quantitative estimate of drug-likeness (QED) is 0.481. The second-order valence-electron chi connectivity index (χ2n) is 8.23. The molecule has 3 aromatic rings. The number of rotatable bonds is 4. The molecule has 1 N–H and O–H groups in total. The van der Waals surface area contributed by atoms with Gasteiger partial charge in [-0.1, -0.05) is 18.2 Å². The van der Waals surface area contributed by atoms with Crippen molar-refractivity contribution in [2.45, 2.75) is 32.0 Å². The molecule has 0 bridgehead atoms. The molecule has 0 radical (unpaired) electrons. The summed E-state index contributed by atoms with van der Waals surface area (Å²) < 4.78 is 52.3. The molecule has 8 heteroatoms. The molecule has 0 spiro atoms. The monoisotopic (exact) mass is 470 g/mol. The van der Waals surface area contributed by atoms with E-state index in [0.717, 1.165) is 23.3 Å². The summed E-state index contributed by atoms with van der Waals surface area (Å²) in [6.45, 7) is 2.22. The summed E-state index contributed by atoms with van der Waals surface area (Å²) in [4.78, 5) is 27.0. The first-order valence-corrected chi connectivity index (χ1v) is 10.8. The van der Waals surface area contributed by atoms with E-state index >= 15 is 0 Å². The highest BCUT2D eigenvalue weighted by molar-refractivity contribution is 6.07. The lowest BCUT2D eigenvalue weighted by atomic mass is 9.96. The van der Waals surface area contributed by atoms with Gasteiger partial charge in [-0.3, -0.25) is 9.59 Å². The summed E-state index contributed by atoms with van der Waals surface area (Å²) in [5, 5.41) is 2.87. The SMILES string of the molecule is CC(NC(=O)c1ccc(F)cc1)c1ccc2c(c1)CCCN2C(=O)c1cccc(C(F)(F)F)c1. The molecular weight excluding hydrogens is 448 g/mol. The first-order valence-electron chi connectivity index (χ1n) is 10.8. The minimum Gasteiger partial charge on any atom is -0.346 e. The average molecular weight is 470 g/mol. The zero-order chi connectivity index (χ0) is 24.5. The van der Waals surface area contributed by atoms with Crippen LogP contribution in [0.15, 0.2) is 66.7 Å². The van der Waals surface area contributed by atoms with E-state index in [0.29, 0.717) is 30.6 Å². The number of carbonyl (C=O) groups excluding carboxylic acids is 2. The standard InChI is InChI=1S/C26H22F4N2O2/c1-16(31-24(33)17-7-10-22(27)11-8-17)18-9-12-23-19(14-18)5-3-13-32(23)25(34)20-4-2-6-21(15-20)26(28,29)30/h2,4,6-12,14-16H,3,5,13H2,1H3,(H,31,33). The van der Waals surface area contributed by atoms with Gasteiger partial charge in [-0.15, -0.1) is 0 Å². The maximum Gasteiger partial charge on any atom is 0.416 e. The maximum atomic E-state index is 13.1. The minimum absolute atomic E-state index is 0.0216. The van der Waals surface area contributed by atoms with Crippen molar-refractivity contribution >= 4 is 17.5 Å². The Morgan fingerprint density at radius 1 is 0.971 bits per heavy atom. The van der Waals surface area contributed by atoms with Gasteiger partial charge >= 0.3 is 6.18 Å². The summed E-state index contributed by atoms with van der Waals surface area (Å²) in [5.74, 6) is -1.26. The zero-order valence-corrected chi connectivity index (χ0v) is 18.3. The Hall–Kier alpha value is -3.68. The van der Waals surface area contributed by atoms with Crippen molar-refractivity contribution in [1.82, 2.24) is 5.32 Å². The highest BCUT2D eigenvalue weighted by atomic mass is 19.4. The molecule has 34 heavy (non-hydrogen) atoms. The highest BCUT2D eigenvalue weighted by Gasteiger charge is 2.32. The number of anilines is 1. The van der Waals surface area contributed by atoms with Gasteiger partial charge in [0.05, 0.1) is 11.6 Å². The molecular formula is C26H22F4N2O2. The van der Waals surface area contributed by atoms with Gasteiger partial charge in [0.15, 0.2) is 0 Å². The molecule has 1 atom stereocenters.